The fraction of sp³-hybridized carbons (Fsp3) is 0.375. The van der Waals surface area contributed by atoms with Crippen LogP contribution in [0.15, 0.2) is 43.0 Å². The molecule has 2 aromatic rings. The maximum atomic E-state index is 12.4. The summed E-state index contributed by atoms with van der Waals surface area (Å²) in [5.74, 6) is -0.00364. The number of rotatable bonds is 3. The maximum Gasteiger partial charge on any atom is 0.251 e. The Bertz CT molecular complexity index is 618. The number of imidazole rings is 1. The van der Waals surface area contributed by atoms with Crippen molar-refractivity contribution in [2.24, 2.45) is 0 Å². The number of piperidine rings is 1. The van der Waals surface area contributed by atoms with Crippen molar-refractivity contribution < 1.29 is 4.79 Å². The highest BCUT2D eigenvalue weighted by atomic mass is 35.5. The van der Waals surface area contributed by atoms with Gasteiger partial charge in [-0.1, -0.05) is 6.07 Å². The summed E-state index contributed by atoms with van der Waals surface area (Å²) in [5, 5.41) is 6.53. The summed E-state index contributed by atoms with van der Waals surface area (Å²) in [6.07, 6.45) is 7.28. The van der Waals surface area contributed by atoms with Crippen LogP contribution in [0.1, 0.15) is 30.1 Å². The Morgan fingerprint density at radius 3 is 2.91 bits per heavy atom. The van der Waals surface area contributed by atoms with Gasteiger partial charge in [-0.25, -0.2) is 4.98 Å². The van der Waals surface area contributed by atoms with Gasteiger partial charge in [0.25, 0.3) is 5.91 Å². The third-order valence-corrected chi connectivity index (χ3v) is 3.87. The highest BCUT2D eigenvalue weighted by Crippen LogP contribution is 2.12. The van der Waals surface area contributed by atoms with Crippen LogP contribution in [0.3, 0.4) is 0 Å². The molecule has 1 aromatic heterocycles. The molecule has 23 heavy (non-hydrogen) atoms. The predicted octanol–water partition coefficient (Wildman–Crippen LogP) is 2.59. The molecule has 2 atom stereocenters. The molecule has 0 radical (unpaired) electrons. The number of carbonyl (C=O) groups excluding carboxylic acids is 1. The second kappa shape index (κ2) is 8.91. The number of amides is 1. The molecule has 2 unspecified atom stereocenters. The predicted molar refractivity (Wildman–Crippen MR) is 96.0 cm³/mol. The van der Waals surface area contributed by atoms with E-state index in [0.717, 1.165) is 25.1 Å². The van der Waals surface area contributed by atoms with Crippen molar-refractivity contribution in [1.29, 1.82) is 0 Å². The first-order chi connectivity index (χ1) is 10.2. The Balaban J connectivity index is 0.00000132. The Morgan fingerprint density at radius 1 is 1.39 bits per heavy atom. The molecule has 1 saturated heterocycles. The van der Waals surface area contributed by atoms with Crippen molar-refractivity contribution >= 4 is 30.7 Å². The van der Waals surface area contributed by atoms with Gasteiger partial charge in [0.15, 0.2) is 0 Å². The molecule has 0 spiro atoms. The lowest BCUT2D eigenvalue weighted by atomic mass is 10.0. The molecule has 2 N–H and O–H groups in total. The van der Waals surface area contributed by atoms with Crippen LogP contribution >= 0.6 is 24.8 Å². The van der Waals surface area contributed by atoms with E-state index in [9.17, 15) is 4.79 Å². The molecule has 1 amide bonds. The largest absolute Gasteiger partial charge is 0.349 e. The van der Waals surface area contributed by atoms with E-state index >= 15 is 0 Å². The number of nitrogens with zero attached hydrogens (tertiary/aromatic N) is 2. The molecule has 2 heterocycles. The summed E-state index contributed by atoms with van der Waals surface area (Å²) in [5.41, 5.74) is 1.63. The maximum absolute atomic E-state index is 12.4. The molecule has 1 aromatic carbocycles. The number of benzene rings is 1. The topological polar surface area (TPSA) is 59.0 Å². The van der Waals surface area contributed by atoms with Crippen molar-refractivity contribution in [2.75, 3.05) is 6.54 Å². The van der Waals surface area contributed by atoms with Gasteiger partial charge in [0, 0.05) is 35.7 Å². The minimum absolute atomic E-state index is 0. The van der Waals surface area contributed by atoms with E-state index < -0.39 is 0 Å². The molecule has 1 fully saturated rings. The first-order valence-corrected chi connectivity index (χ1v) is 7.35. The average Bonchev–Trinajstić information content (AvgIpc) is 3.02. The van der Waals surface area contributed by atoms with Gasteiger partial charge in [-0.05, 0) is 44.5 Å². The van der Waals surface area contributed by atoms with Gasteiger partial charge in [-0.3, -0.25) is 4.79 Å². The number of hydrogen-bond acceptors (Lipinski definition) is 3. The molecule has 0 aliphatic carbocycles. The van der Waals surface area contributed by atoms with Crippen LogP contribution in [-0.2, 0) is 0 Å². The van der Waals surface area contributed by atoms with Gasteiger partial charge >= 0.3 is 0 Å². The van der Waals surface area contributed by atoms with Crippen molar-refractivity contribution in [3.63, 3.8) is 0 Å². The third kappa shape index (κ3) is 4.96. The summed E-state index contributed by atoms with van der Waals surface area (Å²) >= 11 is 0. The minimum atomic E-state index is -0.00364. The summed E-state index contributed by atoms with van der Waals surface area (Å²) in [6, 6.07) is 8.31. The fourth-order valence-electron chi connectivity index (χ4n) is 2.75. The zero-order valence-corrected chi connectivity index (χ0v) is 14.6. The first-order valence-electron chi connectivity index (χ1n) is 7.35. The van der Waals surface area contributed by atoms with E-state index in [1.165, 1.54) is 0 Å². The monoisotopic (exact) mass is 356 g/mol. The quantitative estimate of drug-likeness (QED) is 0.888. The van der Waals surface area contributed by atoms with Gasteiger partial charge in [0.1, 0.15) is 0 Å². The number of carbonyl (C=O) groups is 1. The molecule has 1 aliphatic rings. The molecule has 1 aliphatic heterocycles. The van der Waals surface area contributed by atoms with Crippen molar-refractivity contribution in [2.45, 2.75) is 31.8 Å². The van der Waals surface area contributed by atoms with Crippen molar-refractivity contribution in [3.05, 3.63) is 48.5 Å². The molecule has 3 rings (SSSR count). The number of nitrogens with one attached hydrogen (secondary N) is 2. The molecule has 5 nitrogen and oxygen atoms in total. The van der Waals surface area contributed by atoms with Crippen molar-refractivity contribution in [1.82, 2.24) is 20.2 Å². The summed E-state index contributed by atoms with van der Waals surface area (Å²) in [4.78, 5) is 16.4. The van der Waals surface area contributed by atoms with Crippen LogP contribution in [0.25, 0.3) is 5.69 Å². The van der Waals surface area contributed by atoms with Crippen LogP contribution in [-0.4, -0.2) is 34.1 Å². The van der Waals surface area contributed by atoms with Gasteiger partial charge in [-0.2, -0.15) is 0 Å². The Kier molecular flexibility index (Phi) is 7.55. The minimum Gasteiger partial charge on any atom is -0.349 e. The summed E-state index contributed by atoms with van der Waals surface area (Å²) < 4.78 is 1.89. The van der Waals surface area contributed by atoms with E-state index in [4.69, 9.17) is 0 Å². The highest BCUT2D eigenvalue weighted by Gasteiger charge is 2.20. The third-order valence-electron chi connectivity index (χ3n) is 3.87. The zero-order chi connectivity index (χ0) is 14.7. The van der Waals surface area contributed by atoms with Gasteiger partial charge in [0.05, 0.1) is 6.33 Å². The normalized spacial score (nSPS) is 20.0. The summed E-state index contributed by atoms with van der Waals surface area (Å²) in [6.45, 7) is 3.11. The molecular weight excluding hydrogens is 335 g/mol. The molecular formula is C16H22Cl2N4O. The second-order valence-electron chi connectivity index (χ2n) is 5.57. The van der Waals surface area contributed by atoms with Crippen molar-refractivity contribution in [3.8, 4) is 5.69 Å². The molecule has 0 bridgehead atoms. The van der Waals surface area contributed by atoms with E-state index in [0.29, 0.717) is 11.6 Å². The molecule has 0 saturated carbocycles. The zero-order valence-electron chi connectivity index (χ0n) is 12.9. The van der Waals surface area contributed by atoms with Crippen LogP contribution in [0.4, 0.5) is 0 Å². The Labute approximate surface area is 148 Å². The molecule has 7 heteroatoms. The number of halogens is 2. The van der Waals surface area contributed by atoms with Crippen LogP contribution in [0.2, 0.25) is 0 Å². The number of aromatic nitrogens is 2. The lowest BCUT2D eigenvalue weighted by Gasteiger charge is -2.28. The fourth-order valence-corrected chi connectivity index (χ4v) is 2.75. The lowest BCUT2D eigenvalue weighted by Crippen LogP contribution is -2.46. The van der Waals surface area contributed by atoms with Gasteiger partial charge in [0.2, 0.25) is 0 Å². The average molecular weight is 357 g/mol. The van der Waals surface area contributed by atoms with Gasteiger partial charge < -0.3 is 15.2 Å². The highest BCUT2D eigenvalue weighted by molar-refractivity contribution is 5.94. The lowest BCUT2D eigenvalue weighted by molar-refractivity contribution is 0.0925. The Hall–Kier alpha value is -1.56. The first kappa shape index (κ1) is 19.5. The van der Waals surface area contributed by atoms with Crippen LogP contribution in [0.5, 0.6) is 0 Å². The molecule has 126 valence electrons. The van der Waals surface area contributed by atoms with E-state index in [1.807, 2.05) is 35.0 Å². The summed E-state index contributed by atoms with van der Waals surface area (Å²) in [7, 11) is 0. The van der Waals surface area contributed by atoms with E-state index in [-0.39, 0.29) is 36.8 Å². The number of hydrogen-bond donors (Lipinski definition) is 2. The standard InChI is InChI=1S/C16H20N4O.2ClH/c1-12-9-14(5-6-18-12)19-16(21)13-3-2-4-15(10-13)20-8-7-17-11-20;;/h2-4,7-8,10-12,14,18H,5-6,9H2,1H3,(H,19,21);2*1H. The van der Waals surface area contributed by atoms with Crippen LogP contribution in [0, 0.1) is 0 Å². The SMILES string of the molecule is CC1CC(NC(=O)c2cccc(-n3ccnc3)c2)CCN1.Cl.Cl. The smallest absolute Gasteiger partial charge is 0.251 e. The van der Waals surface area contributed by atoms with E-state index in [2.05, 4.69) is 22.5 Å². The van der Waals surface area contributed by atoms with Crippen LogP contribution < -0.4 is 10.6 Å². The van der Waals surface area contributed by atoms with E-state index in [1.54, 1.807) is 12.5 Å². The Morgan fingerprint density at radius 2 is 2.22 bits per heavy atom. The van der Waals surface area contributed by atoms with Gasteiger partial charge in [-0.15, -0.1) is 24.8 Å². The second-order valence-corrected chi connectivity index (χ2v) is 5.57.